The molecule has 1 aliphatic heterocycles. The molecule has 6 nitrogen and oxygen atoms in total. The lowest BCUT2D eigenvalue weighted by molar-refractivity contribution is -0.144. The van der Waals surface area contributed by atoms with E-state index in [1.807, 2.05) is 6.92 Å². The van der Waals surface area contributed by atoms with E-state index in [1.54, 1.807) is 5.51 Å². The average Bonchev–Trinajstić information content (AvgIpc) is 3.10. The largest absolute Gasteiger partial charge is 0.462 e. The lowest BCUT2D eigenvalue weighted by Gasteiger charge is -2.12. The Morgan fingerprint density at radius 3 is 3.05 bits per heavy atom. The van der Waals surface area contributed by atoms with E-state index in [0.29, 0.717) is 11.6 Å². The van der Waals surface area contributed by atoms with Gasteiger partial charge in [-0.15, -0.1) is 10.2 Å². The minimum Gasteiger partial charge on any atom is -0.462 e. The van der Waals surface area contributed by atoms with Crippen molar-refractivity contribution < 1.29 is 14.3 Å². The molecule has 2 heterocycles. The van der Waals surface area contributed by atoms with Crippen LogP contribution in [0.15, 0.2) is 5.51 Å². The maximum absolute atomic E-state index is 12.1. The molecule has 1 aliphatic rings. The summed E-state index contributed by atoms with van der Waals surface area (Å²) in [5, 5.41) is 10.7. The van der Waals surface area contributed by atoms with Crippen molar-refractivity contribution in [1.82, 2.24) is 10.2 Å². The Balaban J connectivity index is 1.77. The van der Waals surface area contributed by atoms with E-state index in [1.165, 1.54) is 17.8 Å². The first-order valence-corrected chi connectivity index (χ1v) is 8.75. The fourth-order valence-corrected chi connectivity index (χ4v) is 3.15. The van der Waals surface area contributed by atoms with Crippen molar-refractivity contribution in [3.63, 3.8) is 0 Å². The Morgan fingerprint density at radius 2 is 2.36 bits per heavy atom. The SMILES string of the molecule is CCCCC[C@H]1C[C@@H](C[C@@H](C)C(=O)Nc2nncs2)C(=O)O1. The van der Waals surface area contributed by atoms with Crippen LogP contribution >= 0.6 is 11.3 Å². The molecule has 7 heteroatoms. The van der Waals surface area contributed by atoms with Crippen molar-refractivity contribution in [2.24, 2.45) is 11.8 Å². The number of rotatable bonds is 8. The number of nitrogens with zero attached hydrogens (tertiary/aromatic N) is 2. The molecule has 22 heavy (non-hydrogen) atoms. The van der Waals surface area contributed by atoms with Crippen LogP contribution in [0.5, 0.6) is 0 Å². The van der Waals surface area contributed by atoms with Gasteiger partial charge >= 0.3 is 5.97 Å². The maximum atomic E-state index is 12.1. The number of aromatic nitrogens is 2. The molecule has 1 fully saturated rings. The van der Waals surface area contributed by atoms with Gasteiger partial charge < -0.3 is 10.1 Å². The summed E-state index contributed by atoms with van der Waals surface area (Å²) < 4.78 is 5.42. The lowest BCUT2D eigenvalue weighted by atomic mass is 9.91. The van der Waals surface area contributed by atoms with Gasteiger partial charge in [0.1, 0.15) is 11.6 Å². The van der Waals surface area contributed by atoms with E-state index in [2.05, 4.69) is 22.4 Å². The molecule has 122 valence electrons. The van der Waals surface area contributed by atoms with Gasteiger partial charge in [0.15, 0.2) is 0 Å². The monoisotopic (exact) mass is 325 g/mol. The van der Waals surface area contributed by atoms with Gasteiger partial charge in [0.25, 0.3) is 0 Å². The molecule has 1 N–H and O–H groups in total. The first-order valence-electron chi connectivity index (χ1n) is 7.87. The highest BCUT2D eigenvalue weighted by Gasteiger charge is 2.35. The number of ether oxygens (including phenoxy) is 1. The van der Waals surface area contributed by atoms with Gasteiger partial charge in [-0.3, -0.25) is 9.59 Å². The predicted molar refractivity (Wildman–Crippen MR) is 84.4 cm³/mol. The molecule has 0 unspecified atom stereocenters. The Bertz CT molecular complexity index is 492. The third-order valence-corrected chi connectivity index (χ3v) is 4.58. The fraction of sp³-hybridized carbons (Fsp3) is 0.733. The van der Waals surface area contributed by atoms with Crippen molar-refractivity contribution in [3.05, 3.63) is 5.51 Å². The number of hydrogen-bond donors (Lipinski definition) is 1. The van der Waals surface area contributed by atoms with Crippen LogP contribution in [0.1, 0.15) is 52.4 Å². The summed E-state index contributed by atoms with van der Waals surface area (Å²) in [7, 11) is 0. The maximum Gasteiger partial charge on any atom is 0.309 e. The van der Waals surface area contributed by atoms with Crippen molar-refractivity contribution in [2.75, 3.05) is 5.32 Å². The van der Waals surface area contributed by atoms with Crippen LogP contribution in [0.2, 0.25) is 0 Å². The molecular formula is C15H23N3O3S. The highest BCUT2D eigenvalue weighted by molar-refractivity contribution is 7.13. The topological polar surface area (TPSA) is 81.2 Å². The molecule has 1 aromatic rings. The van der Waals surface area contributed by atoms with Crippen LogP contribution in [0.3, 0.4) is 0 Å². The van der Waals surface area contributed by atoms with E-state index in [9.17, 15) is 9.59 Å². The summed E-state index contributed by atoms with van der Waals surface area (Å²) in [5.41, 5.74) is 1.56. The molecule has 0 aromatic carbocycles. The zero-order chi connectivity index (χ0) is 15.9. The van der Waals surface area contributed by atoms with Gasteiger partial charge in [0.2, 0.25) is 11.0 Å². The second-order valence-corrected chi connectivity index (χ2v) is 6.69. The van der Waals surface area contributed by atoms with Crippen LogP contribution in [-0.4, -0.2) is 28.2 Å². The second-order valence-electron chi connectivity index (χ2n) is 5.86. The number of carbonyl (C=O) groups excluding carboxylic acids is 2. The highest BCUT2D eigenvalue weighted by Crippen LogP contribution is 2.30. The van der Waals surface area contributed by atoms with E-state index in [-0.39, 0.29) is 29.8 Å². The Labute approximate surface area is 134 Å². The smallest absolute Gasteiger partial charge is 0.309 e. The average molecular weight is 325 g/mol. The predicted octanol–water partition coefficient (Wildman–Crippen LogP) is 3.01. The molecule has 0 spiro atoms. The van der Waals surface area contributed by atoms with E-state index in [4.69, 9.17) is 4.74 Å². The van der Waals surface area contributed by atoms with Gasteiger partial charge in [-0.25, -0.2) is 0 Å². The molecule has 0 bridgehead atoms. The number of amides is 1. The van der Waals surface area contributed by atoms with Crippen molar-refractivity contribution >= 4 is 28.3 Å². The van der Waals surface area contributed by atoms with Gasteiger partial charge in [0, 0.05) is 5.92 Å². The number of nitrogens with one attached hydrogen (secondary N) is 1. The number of hydrogen-bond acceptors (Lipinski definition) is 6. The summed E-state index contributed by atoms with van der Waals surface area (Å²) >= 11 is 1.28. The number of cyclic esters (lactones) is 1. The normalized spacial score (nSPS) is 22.4. The molecule has 1 amide bonds. The summed E-state index contributed by atoms with van der Waals surface area (Å²) in [6, 6.07) is 0. The van der Waals surface area contributed by atoms with Gasteiger partial charge in [-0.05, 0) is 25.7 Å². The van der Waals surface area contributed by atoms with Crippen molar-refractivity contribution in [1.29, 1.82) is 0 Å². The van der Waals surface area contributed by atoms with Crippen molar-refractivity contribution in [2.45, 2.75) is 58.5 Å². The third-order valence-electron chi connectivity index (χ3n) is 3.97. The Hall–Kier alpha value is -1.50. The molecule has 0 saturated carbocycles. The zero-order valence-corrected chi connectivity index (χ0v) is 13.9. The fourth-order valence-electron chi connectivity index (χ4n) is 2.70. The molecule has 0 radical (unpaired) electrons. The summed E-state index contributed by atoms with van der Waals surface area (Å²) in [5.74, 6) is -0.700. The Morgan fingerprint density at radius 1 is 1.55 bits per heavy atom. The van der Waals surface area contributed by atoms with E-state index >= 15 is 0 Å². The van der Waals surface area contributed by atoms with Crippen LogP contribution in [0.4, 0.5) is 5.13 Å². The summed E-state index contributed by atoms with van der Waals surface area (Å²) in [6.45, 7) is 3.98. The quantitative estimate of drug-likeness (QED) is 0.587. The first kappa shape index (κ1) is 16.9. The van der Waals surface area contributed by atoms with E-state index < -0.39 is 0 Å². The van der Waals surface area contributed by atoms with E-state index in [0.717, 1.165) is 25.7 Å². The molecular weight excluding hydrogens is 302 g/mol. The van der Waals surface area contributed by atoms with Crippen LogP contribution in [0.25, 0.3) is 0 Å². The summed E-state index contributed by atoms with van der Waals surface area (Å²) in [6.07, 6.45) is 5.64. The van der Waals surface area contributed by atoms with Crippen molar-refractivity contribution in [3.8, 4) is 0 Å². The number of carbonyl (C=O) groups is 2. The molecule has 2 rings (SSSR count). The number of unbranched alkanes of at least 4 members (excludes halogenated alkanes) is 2. The Kier molecular flexibility index (Phi) is 6.30. The van der Waals surface area contributed by atoms with Crippen LogP contribution in [0, 0.1) is 11.8 Å². The van der Waals surface area contributed by atoms with Crippen LogP contribution < -0.4 is 5.32 Å². The molecule has 1 saturated heterocycles. The van der Waals surface area contributed by atoms with Gasteiger partial charge in [0.05, 0.1) is 5.92 Å². The third kappa shape index (κ3) is 4.76. The number of esters is 1. The summed E-state index contributed by atoms with van der Waals surface area (Å²) in [4.78, 5) is 24.0. The lowest BCUT2D eigenvalue weighted by Crippen LogP contribution is -2.24. The standard InChI is InChI=1S/C15H23N3O3S/c1-3-4-5-6-12-8-11(14(20)21-12)7-10(2)13(19)17-15-18-16-9-22-15/h9-12H,3-8H2,1-2H3,(H,17,18,19)/t10-,11-,12+/m1/s1. The molecule has 3 atom stereocenters. The van der Waals surface area contributed by atoms with Gasteiger partial charge in [-0.2, -0.15) is 0 Å². The highest BCUT2D eigenvalue weighted by atomic mass is 32.1. The van der Waals surface area contributed by atoms with Gasteiger partial charge in [-0.1, -0.05) is 38.0 Å². The molecule has 0 aliphatic carbocycles. The van der Waals surface area contributed by atoms with Crippen LogP contribution in [-0.2, 0) is 14.3 Å². The zero-order valence-electron chi connectivity index (χ0n) is 13.1. The second kappa shape index (κ2) is 8.22. The molecule has 1 aromatic heterocycles. The number of anilines is 1. The minimum absolute atomic E-state index is 0.0301. The first-order chi connectivity index (χ1) is 10.6. The minimum atomic E-state index is -0.254.